The van der Waals surface area contributed by atoms with Gasteiger partial charge in [0, 0.05) is 21.2 Å². The molecule has 0 bridgehead atoms. The van der Waals surface area contributed by atoms with E-state index in [0.717, 1.165) is 16.7 Å². The molecule has 2 aromatic carbocycles. The summed E-state index contributed by atoms with van der Waals surface area (Å²) in [7, 11) is 0. The SMILES string of the molecule is CCOC(=O)Nc1n[nH]c2nnc(-c3ccc(Cl)cc3)c(-c3ccc(Cl)cc3)c12. The van der Waals surface area contributed by atoms with Crippen molar-refractivity contribution in [2.24, 2.45) is 0 Å². The number of carbonyl (C=O) groups excluding carboxylic acids is 1. The fourth-order valence-electron chi connectivity index (χ4n) is 2.97. The van der Waals surface area contributed by atoms with Crippen LogP contribution in [0.1, 0.15) is 6.92 Å². The second-order valence-electron chi connectivity index (χ2n) is 6.08. The van der Waals surface area contributed by atoms with Gasteiger partial charge in [0.15, 0.2) is 11.5 Å². The molecule has 2 heterocycles. The number of anilines is 1. The molecule has 0 fully saturated rings. The number of hydrogen-bond donors (Lipinski definition) is 2. The van der Waals surface area contributed by atoms with Gasteiger partial charge in [0.1, 0.15) is 5.69 Å². The third-order valence-corrected chi connectivity index (χ3v) is 4.73. The minimum Gasteiger partial charge on any atom is -0.450 e. The van der Waals surface area contributed by atoms with Crippen molar-refractivity contribution in [3.8, 4) is 22.4 Å². The van der Waals surface area contributed by atoms with Crippen LogP contribution in [0, 0.1) is 0 Å². The molecule has 4 aromatic rings. The van der Waals surface area contributed by atoms with Gasteiger partial charge in [-0.15, -0.1) is 10.2 Å². The first-order valence-electron chi connectivity index (χ1n) is 8.77. The number of H-pyrrole nitrogens is 1. The lowest BCUT2D eigenvalue weighted by Gasteiger charge is -2.11. The summed E-state index contributed by atoms with van der Waals surface area (Å²) < 4.78 is 4.98. The van der Waals surface area contributed by atoms with E-state index in [2.05, 4.69) is 25.7 Å². The first-order chi connectivity index (χ1) is 14.1. The highest BCUT2D eigenvalue weighted by Gasteiger charge is 2.21. The maximum absolute atomic E-state index is 12.0. The summed E-state index contributed by atoms with van der Waals surface area (Å²) in [6, 6.07) is 14.6. The summed E-state index contributed by atoms with van der Waals surface area (Å²) in [4.78, 5) is 12.0. The molecule has 7 nitrogen and oxygen atoms in total. The lowest BCUT2D eigenvalue weighted by molar-refractivity contribution is 0.168. The van der Waals surface area contributed by atoms with Crippen LogP contribution in [0.3, 0.4) is 0 Å². The van der Waals surface area contributed by atoms with Crippen molar-refractivity contribution in [2.75, 3.05) is 11.9 Å². The van der Waals surface area contributed by atoms with E-state index in [-0.39, 0.29) is 6.61 Å². The summed E-state index contributed by atoms with van der Waals surface area (Å²) in [6.07, 6.45) is -0.604. The molecule has 0 aliphatic heterocycles. The first-order valence-corrected chi connectivity index (χ1v) is 9.53. The fourth-order valence-corrected chi connectivity index (χ4v) is 3.22. The predicted octanol–water partition coefficient (Wildman–Crippen LogP) is 5.56. The number of nitrogens with zero attached hydrogens (tertiary/aromatic N) is 3. The molecule has 0 spiro atoms. The van der Waals surface area contributed by atoms with Gasteiger partial charge in [-0.25, -0.2) is 4.79 Å². The number of aromatic amines is 1. The smallest absolute Gasteiger partial charge is 0.412 e. The second-order valence-corrected chi connectivity index (χ2v) is 6.95. The van der Waals surface area contributed by atoms with Crippen molar-refractivity contribution in [1.82, 2.24) is 20.4 Å². The summed E-state index contributed by atoms with van der Waals surface area (Å²) in [5.74, 6) is 0.300. The lowest BCUT2D eigenvalue weighted by Crippen LogP contribution is -2.14. The average Bonchev–Trinajstić information content (AvgIpc) is 3.12. The van der Waals surface area contributed by atoms with Gasteiger partial charge in [-0.3, -0.25) is 10.4 Å². The molecular formula is C20H15Cl2N5O2. The minimum absolute atomic E-state index is 0.244. The third-order valence-electron chi connectivity index (χ3n) is 4.23. The number of rotatable bonds is 4. The van der Waals surface area contributed by atoms with E-state index in [1.54, 1.807) is 31.2 Å². The Hall–Kier alpha value is -3.16. The summed E-state index contributed by atoms with van der Waals surface area (Å²) >= 11 is 12.1. The largest absolute Gasteiger partial charge is 0.450 e. The van der Waals surface area contributed by atoms with Crippen LogP contribution in [0.5, 0.6) is 0 Å². The maximum atomic E-state index is 12.0. The maximum Gasteiger partial charge on any atom is 0.412 e. The Bertz CT molecular complexity index is 1170. The van der Waals surface area contributed by atoms with Gasteiger partial charge in [-0.1, -0.05) is 47.5 Å². The van der Waals surface area contributed by atoms with Gasteiger partial charge in [0.2, 0.25) is 0 Å². The van der Waals surface area contributed by atoms with Gasteiger partial charge < -0.3 is 4.74 Å². The standard InChI is InChI=1S/C20H15Cl2N5O2/c1-2-29-20(28)23-18-16-15(11-3-7-13(21)8-4-11)17(24-26-19(16)27-25-18)12-5-9-14(22)10-6-12/h3-10H,2H2,1H3,(H2,23,25,26,27,28). The van der Waals surface area contributed by atoms with Crippen molar-refractivity contribution < 1.29 is 9.53 Å². The zero-order valence-corrected chi connectivity index (χ0v) is 16.8. The molecule has 29 heavy (non-hydrogen) atoms. The van der Waals surface area contributed by atoms with E-state index in [1.165, 1.54) is 0 Å². The molecular weight excluding hydrogens is 413 g/mol. The van der Waals surface area contributed by atoms with Crippen molar-refractivity contribution >= 4 is 46.1 Å². The number of fused-ring (bicyclic) bond motifs is 1. The quantitative estimate of drug-likeness (QED) is 0.444. The van der Waals surface area contributed by atoms with Crippen molar-refractivity contribution in [1.29, 1.82) is 0 Å². The van der Waals surface area contributed by atoms with E-state index in [4.69, 9.17) is 27.9 Å². The second kappa shape index (κ2) is 8.06. The fraction of sp³-hybridized carbons (Fsp3) is 0.100. The minimum atomic E-state index is -0.604. The zero-order valence-electron chi connectivity index (χ0n) is 15.2. The Morgan fingerprint density at radius 3 is 2.24 bits per heavy atom. The Kier molecular flexibility index (Phi) is 5.33. The van der Waals surface area contributed by atoms with Gasteiger partial charge in [0.05, 0.1) is 12.0 Å². The number of halogens is 2. The van der Waals surface area contributed by atoms with Gasteiger partial charge in [0.25, 0.3) is 0 Å². The van der Waals surface area contributed by atoms with E-state index >= 15 is 0 Å². The van der Waals surface area contributed by atoms with E-state index in [0.29, 0.717) is 32.6 Å². The van der Waals surface area contributed by atoms with Crippen LogP contribution in [-0.2, 0) is 4.74 Å². The molecule has 2 aromatic heterocycles. The van der Waals surface area contributed by atoms with Crippen LogP contribution in [0.4, 0.5) is 10.6 Å². The number of benzene rings is 2. The van der Waals surface area contributed by atoms with Crippen LogP contribution in [0.2, 0.25) is 10.0 Å². The molecule has 0 saturated heterocycles. The zero-order chi connectivity index (χ0) is 20.4. The monoisotopic (exact) mass is 427 g/mol. The van der Waals surface area contributed by atoms with Crippen LogP contribution in [0.25, 0.3) is 33.4 Å². The summed E-state index contributed by atoms with van der Waals surface area (Å²) in [5, 5.41) is 20.1. The third kappa shape index (κ3) is 3.87. The molecule has 2 N–H and O–H groups in total. The molecule has 0 saturated carbocycles. The molecule has 0 unspecified atom stereocenters. The number of nitrogens with one attached hydrogen (secondary N) is 2. The molecule has 0 aliphatic carbocycles. The molecule has 146 valence electrons. The van der Waals surface area contributed by atoms with Crippen LogP contribution >= 0.6 is 23.2 Å². The Morgan fingerprint density at radius 2 is 1.62 bits per heavy atom. The van der Waals surface area contributed by atoms with Gasteiger partial charge in [-0.05, 0) is 36.8 Å². The average molecular weight is 428 g/mol. The van der Waals surface area contributed by atoms with Gasteiger partial charge in [-0.2, -0.15) is 5.10 Å². The van der Waals surface area contributed by atoms with Crippen LogP contribution in [-0.4, -0.2) is 33.1 Å². The first kappa shape index (κ1) is 19.2. The number of amides is 1. The summed E-state index contributed by atoms with van der Waals surface area (Å²) in [6.45, 7) is 1.97. The highest BCUT2D eigenvalue weighted by molar-refractivity contribution is 6.31. The normalized spacial score (nSPS) is 10.9. The van der Waals surface area contributed by atoms with Crippen molar-refractivity contribution in [2.45, 2.75) is 6.92 Å². The van der Waals surface area contributed by atoms with Crippen LogP contribution < -0.4 is 5.32 Å². The predicted molar refractivity (Wildman–Crippen MR) is 113 cm³/mol. The Morgan fingerprint density at radius 1 is 1.00 bits per heavy atom. The van der Waals surface area contributed by atoms with Crippen LogP contribution in [0.15, 0.2) is 48.5 Å². The molecule has 9 heteroatoms. The summed E-state index contributed by atoms with van der Waals surface area (Å²) in [5.41, 5.74) is 3.45. The Balaban J connectivity index is 1.97. The van der Waals surface area contributed by atoms with E-state index in [9.17, 15) is 4.79 Å². The molecule has 4 rings (SSSR count). The number of hydrogen-bond acceptors (Lipinski definition) is 5. The number of aromatic nitrogens is 4. The Labute approximate surface area is 176 Å². The highest BCUT2D eigenvalue weighted by Crippen LogP contribution is 2.38. The lowest BCUT2D eigenvalue weighted by atomic mass is 9.97. The van der Waals surface area contributed by atoms with E-state index < -0.39 is 6.09 Å². The highest BCUT2D eigenvalue weighted by atomic mass is 35.5. The van der Waals surface area contributed by atoms with Gasteiger partial charge >= 0.3 is 6.09 Å². The number of carbonyl (C=O) groups is 1. The molecule has 0 radical (unpaired) electrons. The van der Waals surface area contributed by atoms with Crippen molar-refractivity contribution in [3.63, 3.8) is 0 Å². The topological polar surface area (TPSA) is 92.8 Å². The number of ether oxygens (including phenoxy) is 1. The van der Waals surface area contributed by atoms with E-state index in [1.807, 2.05) is 24.3 Å². The van der Waals surface area contributed by atoms with Crippen molar-refractivity contribution in [3.05, 3.63) is 58.6 Å². The molecule has 1 amide bonds. The molecule has 0 atom stereocenters. The molecule has 0 aliphatic rings.